The van der Waals surface area contributed by atoms with Crippen LogP contribution in [0.15, 0.2) is 72.9 Å². The van der Waals surface area contributed by atoms with Crippen molar-refractivity contribution in [2.45, 2.75) is 20.4 Å². The summed E-state index contributed by atoms with van der Waals surface area (Å²) in [5, 5.41) is 3.23. The summed E-state index contributed by atoms with van der Waals surface area (Å²) in [6, 6.07) is 20.5. The normalized spacial score (nSPS) is 13.6. The summed E-state index contributed by atoms with van der Waals surface area (Å²) in [7, 11) is 5.37. The highest BCUT2D eigenvalue weighted by Crippen LogP contribution is 2.32. The fourth-order valence-electron chi connectivity index (χ4n) is 5.20. The van der Waals surface area contributed by atoms with Crippen LogP contribution in [0.25, 0.3) is 0 Å². The number of carbonyl (C=O) groups is 1. The number of aromatic nitrogens is 2. The van der Waals surface area contributed by atoms with E-state index in [9.17, 15) is 4.79 Å². The van der Waals surface area contributed by atoms with Crippen molar-refractivity contribution in [3.8, 4) is 23.0 Å². The molecule has 2 heterocycles. The molecule has 11 heteroatoms. The van der Waals surface area contributed by atoms with Crippen molar-refractivity contribution in [1.82, 2.24) is 19.8 Å². The number of carbonyl (C=O) groups excluding carboxylic acids is 1. The molecule has 1 fully saturated rings. The van der Waals surface area contributed by atoms with Crippen molar-refractivity contribution in [2.24, 2.45) is 0 Å². The van der Waals surface area contributed by atoms with E-state index in [0.29, 0.717) is 47.1 Å². The molecule has 1 aromatic heterocycles. The van der Waals surface area contributed by atoms with Gasteiger partial charge in [0.05, 0.1) is 20.8 Å². The zero-order valence-corrected chi connectivity index (χ0v) is 27.2. The number of ether oxygens (including phenoxy) is 4. The summed E-state index contributed by atoms with van der Waals surface area (Å²) < 4.78 is 23.0. The van der Waals surface area contributed by atoms with Gasteiger partial charge in [-0.25, -0.2) is 9.78 Å². The number of hydrogen-bond acceptors (Lipinski definition) is 10. The minimum Gasteiger partial charge on any atom is -0.497 e. The number of para-hydroxylation sites is 1. The maximum atomic E-state index is 13.7. The second-order valence-electron chi connectivity index (χ2n) is 11.2. The van der Waals surface area contributed by atoms with E-state index in [1.54, 1.807) is 26.5 Å². The number of piperazine rings is 1. The van der Waals surface area contributed by atoms with Crippen LogP contribution < -0.4 is 29.2 Å². The van der Waals surface area contributed by atoms with Gasteiger partial charge in [-0.3, -0.25) is 9.80 Å². The van der Waals surface area contributed by atoms with E-state index in [1.165, 1.54) is 4.90 Å². The van der Waals surface area contributed by atoms with Gasteiger partial charge in [-0.05, 0) is 67.9 Å². The Labute approximate surface area is 270 Å². The van der Waals surface area contributed by atoms with E-state index in [2.05, 4.69) is 32.1 Å². The number of benzene rings is 3. The highest BCUT2D eigenvalue weighted by molar-refractivity contribution is 5.88. The number of hydrogen-bond donors (Lipinski definition) is 1. The van der Waals surface area contributed by atoms with Crippen LogP contribution in [0.5, 0.6) is 23.0 Å². The molecular formula is C35H42N6O5. The fourth-order valence-corrected chi connectivity index (χ4v) is 5.20. The first-order chi connectivity index (χ1) is 22.3. The lowest BCUT2D eigenvalue weighted by atomic mass is 10.1. The topological polar surface area (TPSA) is 102 Å². The molecule has 1 aliphatic rings. The van der Waals surface area contributed by atoms with E-state index in [0.717, 1.165) is 49.4 Å². The molecule has 11 nitrogen and oxygen atoms in total. The third-order valence-corrected chi connectivity index (χ3v) is 7.89. The molecular weight excluding hydrogens is 584 g/mol. The molecule has 242 valence electrons. The summed E-state index contributed by atoms with van der Waals surface area (Å²) in [6.07, 6.45) is 1.03. The fraction of sp³-hybridized carbons (Fsp3) is 0.343. The van der Waals surface area contributed by atoms with Crippen LogP contribution >= 0.6 is 0 Å². The van der Waals surface area contributed by atoms with Crippen molar-refractivity contribution in [3.63, 3.8) is 0 Å². The van der Waals surface area contributed by atoms with Gasteiger partial charge in [0.25, 0.3) is 0 Å². The predicted molar refractivity (Wildman–Crippen MR) is 179 cm³/mol. The van der Waals surface area contributed by atoms with E-state index in [1.807, 2.05) is 74.5 Å². The Morgan fingerprint density at radius 2 is 1.67 bits per heavy atom. The third kappa shape index (κ3) is 8.43. The molecule has 46 heavy (non-hydrogen) atoms. The highest BCUT2D eigenvalue weighted by atomic mass is 16.6. The summed E-state index contributed by atoms with van der Waals surface area (Å²) in [5.74, 6) is 3.14. The van der Waals surface area contributed by atoms with Crippen molar-refractivity contribution in [2.75, 3.05) is 70.8 Å². The van der Waals surface area contributed by atoms with Gasteiger partial charge in [-0.15, -0.1) is 0 Å². The Kier molecular flexibility index (Phi) is 10.9. The standard InChI is InChI=1S/C35H42N6O5/c1-25-8-6-9-26(2)33(25)46-35(42)41(24-27-10-7-11-29(22-27)43-4)32-14-15-36-34(38-32)37-28-12-13-30(31(23-28)44-5)45-21-20-40-18-16-39(3)17-19-40/h6-15,22-23H,16-21,24H2,1-5H3,(H,36,37,38). The van der Waals surface area contributed by atoms with Crippen LogP contribution in [0.2, 0.25) is 0 Å². The smallest absolute Gasteiger partial charge is 0.421 e. The Balaban J connectivity index is 1.32. The lowest BCUT2D eigenvalue weighted by Gasteiger charge is -2.32. The summed E-state index contributed by atoms with van der Waals surface area (Å²) in [5.41, 5.74) is 3.28. The van der Waals surface area contributed by atoms with E-state index in [-0.39, 0.29) is 6.54 Å². The minimum atomic E-state index is -0.565. The van der Waals surface area contributed by atoms with Crippen LogP contribution in [0.3, 0.4) is 0 Å². The lowest BCUT2D eigenvalue weighted by molar-refractivity contribution is 0.133. The first-order valence-corrected chi connectivity index (χ1v) is 15.3. The number of rotatable bonds is 12. The van der Waals surface area contributed by atoms with Gasteiger partial charge in [0.1, 0.15) is 23.9 Å². The van der Waals surface area contributed by atoms with Crippen LogP contribution in [0, 0.1) is 13.8 Å². The average Bonchev–Trinajstić information content (AvgIpc) is 3.07. The SMILES string of the molecule is COc1cccc(CN(C(=O)Oc2c(C)cccc2C)c2ccnc(Nc3ccc(OCCN4CCN(C)CC4)c(OC)c3)n2)c1. The first-order valence-electron chi connectivity index (χ1n) is 15.3. The predicted octanol–water partition coefficient (Wildman–Crippen LogP) is 5.69. The van der Waals surface area contributed by atoms with Gasteiger partial charge in [-0.2, -0.15) is 4.98 Å². The second-order valence-corrected chi connectivity index (χ2v) is 11.2. The molecule has 0 bridgehead atoms. The van der Waals surface area contributed by atoms with Gasteiger partial charge in [0.2, 0.25) is 5.95 Å². The molecule has 5 rings (SSSR count). The zero-order valence-electron chi connectivity index (χ0n) is 27.2. The van der Waals surface area contributed by atoms with Crippen molar-refractivity contribution in [3.05, 3.63) is 89.6 Å². The highest BCUT2D eigenvalue weighted by Gasteiger charge is 2.23. The molecule has 0 spiro atoms. The summed E-state index contributed by atoms with van der Waals surface area (Å²) >= 11 is 0. The number of nitrogens with one attached hydrogen (secondary N) is 1. The molecule has 1 N–H and O–H groups in total. The van der Waals surface area contributed by atoms with E-state index in [4.69, 9.17) is 18.9 Å². The molecule has 0 radical (unpaired) electrons. The Hall–Kier alpha value is -4.87. The molecule has 3 aromatic carbocycles. The third-order valence-electron chi connectivity index (χ3n) is 7.89. The number of likely N-dealkylation sites (N-methyl/N-ethyl adjacent to an activating group) is 1. The van der Waals surface area contributed by atoms with Crippen molar-refractivity contribution < 1.29 is 23.7 Å². The molecule has 0 aliphatic carbocycles. The number of methoxy groups -OCH3 is 2. The Morgan fingerprint density at radius 1 is 0.913 bits per heavy atom. The van der Waals surface area contributed by atoms with Crippen LogP contribution in [-0.4, -0.2) is 86.5 Å². The number of amides is 1. The average molecular weight is 627 g/mol. The maximum absolute atomic E-state index is 13.7. The van der Waals surface area contributed by atoms with E-state index < -0.39 is 6.09 Å². The molecule has 1 saturated heterocycles. The first kappa shape index (κ1) is 32.5. The van der Waals surface area contributed by atoms with Crippen LogP contribution in [0.1, 0.15) is 16.7 Å². The number of aryl methyl sites for hydroxylation is 2. The zero-order chi connectivity index (χ0) is 32.5. The summed E-state index contributed by atoms with van der Waals surface area (Å²) in [4.78, 5) is 29.0. The Bertz CT molecular complexity index is 1600. The maximum Gasteiger partial charge on any atom is 0.421 e. The molecule has 4 aromatic rings. The summed E-state index contributed by atoms with van der Waals surface area (Å²) in [6.45, 7) is 9.66. The van der Waals surface area contributed by atoms with Gasteiger partial charge < -0.3 is 29.2 Å². The molecule has 1 amide bonds. The molecule has 0 saturated carbocycles. The minimum absolute atomic E-state index is 0.200. The lowest BCUT2D eigenvalue weighted by Crippen LogP contribution is -2.45. The van der Waals surface area contributed by atoms with Gasteiger partial charge in [-0.1, -0.05) is 30.3 Å². The number of anilines is 3. The quantitative estimate of drug-likeness (QED) is 0.211. The van der Waals surface area contributed by atoms with Gasteiger partial charge in [0, 0.05) is 50.7 Å². The number of nitrogens with zero attached hydrogens (tertiary/aromatic N) is 5. The van der Waals surface area contributed by atoms with Gasteiger partial charge >= 0.3 is 6.09 Å². The molecule has 0 atom stereocenters. The largest absolute Gasteiger partial charge is 0.497 e. The van der Waals surface area contributed by atoms with Crippen molar-refractivity contribution >= 4 is 23.5 Å². The Morgan fingerprint density at radius 3 is 2.41 bits per heavy atom. The monoisotopic (exact) mass is 626 g/mol. The molecule has 0 unspecified atom stereocenters. The van der Waals surface area contributed by atoms with Crippen molar-refractivity contribution in [1.29, 1.82) is 0 Å². The van der Waals surface area contributed by atoms with Gasteiger partial charge in [0.15, 0.2) is 11.5 Å². The van der Waals surface area contributed by atoms with Crippen LogP contribution in [0.4, 0.5) is 22.2 Å². The van der Waals surface area contributed by atoms with Crippen LogP contribution in [-0.2, 0) is 6.54 Å². The molecule has 1 aliphatic heterocycles. The van der Waals surface area contributed by atoms with E-state index >= 15 is 0 Å². The second kappa shape index (κ2) is 15.4.